The minimum atomic E-state index is -0.864. The smallest absolute Gasteiger partial charge is 0.400 e. The van der Waals surface area contributed by atoms with Crippen LogP contribution in [0.2, 0.25) is 0 Å². The van der Waals surface area contributed by atoms with Gasteiger partial charge >= 0.3 is 26.2 Å². The van der Waals surface area contributed by atoms with Gasteiger partial charge in [-0.2, -0.15) is 0 Å². The number of benzene rings is 1. The molecule has 2 fully saturated rings. The second-order valence-corrected chi connectivity index (χ2v) is 10.9. The predicted molar refractivity (Wildman–Crippen MR) is 154 cm³/mol. The number of aliphatic hydroxyl groups is 1. The summed E-state index contributed by atoms with van der Waals surface area (Å²) in [5.74, 6) is 0. The van der Waals surface area contributed by atoms with E-state index >= 15 is 0 Å². The van der Waals surface area contributed by atoms with E-state index in [0.717, 1.165) is 12.7 Å². The Morgan fingerprint density at radius 1 is 0.667 bits per heavy atom. The minimum Gasteiger partial charge on any atom is -0.400 e. The minimum absolute atomic E-state index is 0. The van der Waals surface area contributed by atoms with Crippen LogP contribution >= 0.6 is 8.22 Å². The van der Waals surface area contributed by atoms with Gasteiger partial charge in [-0.15, -0.1) is 35.9 Å². The molecule has 1 aromatic rings. The topological polar surface area (TPSA) is 50.6 Å². The van der Waals surface area contributed by atoms with Gasteiger partial charge in [0.1, 0.15) is 0 Å². The Morgan fingerprint density at radius 2 is 0.972 bits per heavy atom. The molecule has 2 aliphatic carbocycles. The van der Waals surface area contributed by atoms with Crippen LogP contribution in [0.25, 0.3) is 0 Å². The summed E-state index contributed by atoms with van der Waals surface area (Å²) >= 11 is 0. The molecule has 0 bridgehead atoms. The third kappa shape index (κ3) is 14.9. The van der Waals surface area contributed by atoms with E-state index in [2.05, 4.69) is 70.8 Å². The van der Waals surface area contributed by atoms with E-state index in [-0.39, 0.29) is 26.2 Å². The van der Waals surface area contributed by atoms with Crippen molar-refractivity contribution in [3.8, 4) is 0 Å². The van der Waals surface area contributed by atoms with Crippen LogP contribution in [0.3, 0.4) is 0 Å². The summed E-state index contributed by atoms with van der Waals surface area (Å²) < 4.78 is 5.00. The van der Waals surface area contributed by atoms with Crippen molar-refractivity contribution in [2.45, 2.75) is 79.6 Å². The molecule has 2 saturated carbocycles. The zero-order valence-corrected chi connectivity index (χ0v) is 27.0. The van der Waals surface area contributed by atoms with Crippen LogP contribution in [0, 0.1) is 75.7 Å². The van der Waals surface area contributed by atoms with Crippen LogP contribution in [0.15, 0.2) is 24.3 Å². The average molecular weight is 588 g/mol. The Labute approximate surface area is 245 Å². The zero-order valence-electron chi connectivity index (χ0n) is 23.7. The van der Waals surface area contributed by atoms with Gasteiger partial charge in [0.05, 0.1) is 0 Å². The first-order chi connectivity index (χ1) is 16.7. The molecule has 11 radical (unpaired) electrons. The van der Waals surface area contributed by atoms with E-state index in [0.29, 0.717) is 29.6 Å². The summed E-state index contributed by atoms with van der Waals surface area (Å²) in [5, 5.41) is 15.9. The van der Waals surface area contributed by atoms with Crippen molar-refractivity contribution in [1.82, 2.24) is 9.34 Å². The first-order valence-electron chi connectivity index (χ1n) is 12.4. The molecular formula is C30H47N3OPZr+2. The third-order valence-corrected chi connectivity index (χ3v) is 8.19. The number of aliphatic hydroxyl groups excluding tert-OH is 1. The van der Waals surface area contributed by atoms with Crippen molar-refractivity contribution in [3.05, 3.63) is 100 Å². The molecule has 1 aromatic carbocycles. The molecule has 2 N–H and O–H groups in total. The average Bonchev–Trinajstić information content (AvgIpc) is 3.58. The molecule has 6 heteroatoms. The van der Waals surface area contributed by atoms with Crippen molar-refractivity contribution < 1.29 is 31.3 Å². The summed E-state index contributed by atoms with van der Waals surface area (Å²) in [6.07, 6.45) is 20.0. The molecule has 2 aliphatic rings. The van der Waals surface area contributed by atoms with E-state index in [1.165, 1.54) is 0 Å². The van der Waals surface area contributed by atoms with Crippen molar-refractivity contribution >= 4 is 13.7 Å². The van der Waals surface area contributed by atoms with Gasteiger partial charge in [0.15, 0.2) is 0 Å². The molecule has 0 spiro atoms. The van der Waals surface area contributed by atoms with Crippen molar-refractivity contribution in [1.29, 1.82) is 5.41 Å². The maximum atomic E-state index is 8.94. The van der Waals surface area contributed by atoms with E-state index in [1.807, 2.05) is 88.5 Å². The van der Waals surface area contributed by atoms with Gasteiger partial charge in [-0.05, 0) is 120 Å². The molecule has 3 rings (SSSR count). The standard InChI is InChI=1S/C19H33N3P.2C5H5.CH4O.Zr/c1-14(2)21(15(3)4)23(22(16(5)6)17(7)8)19(20)18-12-10-9-11-13-18;2*1-2-4-5-3-1;1-2;/h9-12,14-17,20H,1-8H3;2*1-5H;2H,1H3;/q-1;;;;+3. The van der Waals surface area contributed by atoms with Crippen molar-refractivity contribution in [3.63, 3.8) is 0 Å². The fourth-order valence-electron chi connectivity index (χ4n) is 3.71. The fourth-order valence-corrected chi connectivity index (χ4v) is 6.51. The van der Waals surface area contributed by atoms with Gasteiger partial charge in [0.2, 0.25) is 0 Å². The zero-order chi connectivity index (χ0) is 26.8. The second kappa shape index (κ2) is 23.0. The molecule has 0 unspecified atom stereocenters. The van der Waals surface area contributed by atoms with Gasteiger partial charge < -0.3 is 10.5 Å². The second-order valence-electron chi connectivity index (χ2n) is 8.97. The molecule has 0 saturated heterocycles. The monoisotopic (exact) mass is 586 g/mol. The molecule has 195 valence electrons. The van der Waals surface area contributed by atoms with E-state index < -0.39 is 8.22 Å². The molecular weight excluding hydrogens is 541 g/mol. The van der Waals surface area contributed by atoms with Crippen molar-refractivity contribution in [2.24, 2.45) is 0 Å². The fraction of sp³-hybridized carbons (Fsp3) is 0.433. The summed E-state index contributed by atoms with van der Waals surface area (Å²) in [6, 6.07) is 12.7. The number of rotatable bonds is 8. The third-order valence-electron chi connectivity index (χ3n) is 4.83. The van der Waals surface area contributed by atoms with Gasteiger partial charge in [-0.25, -0.2) is 0 Å². The Kier molecular flexibility index (Phi) is 24.4. The van der Waals surface area contributed by atoms with Crippen LogP contribution in [-0.4, -0.2) is 51.2 Å². The Morgan fingerprint density at radius 3 is 1.19 bits per heavy atom. The summed E-state index contributed by atoms with van der Waals surface area (Å²) in [4.78, 5) is 0. The van der Waals surface area contributed by atoms with Crippen LogP contribution < -0.4 is 0 Å². The van der Waals surface area contributed by atoms with Gasteiger partial charge in [0.25, 0.3) is 0 Å². The Balaban J connectivity index is 0. The van der Waals surface area contributed by atoms with E-state index in [4.69, 9.17) is 10.5 Å². The molecule has 0 aliphatic heterocycles. The number of nitrogens with zero attached hydrogens (tertiary/aromatic N) is 2. The molecule has 0 amide bonds. The molecule has 0 aromatic heterocycles. The normalized spacial score (nSPS) is 14.9. The number of nitrogens with one attached hydrogen (secondary N) is 1. The summed E-state index contributed by atoms with van der Waals surface area (Å²) in [5.41, 5.74) is 1.61. The van der Waals surface area contributed by atoms with Gasteiger partial charge in [-0.3, -0.25) is 9.34 Å². The van der Waals surface area contributed by atoms with Crippen molar-refractivity contribution in [2.75, 3.05) is 7.11 Å². The van der Waals surface area contributed by atoms with Gasteiger partial charge in [-0.1, -0.05) is 0 Å². The SMILES string of the molecule is CC(C)N(C(C)C)P(C(=N)c1[c-]cccc1)N(C(C)C)C(C)C.CO.[CH]1[CH][CH][CH][CH]1.[CH]1[CH][CH][CH][CH]1.[Zr+3]. The van der Waals surface area contributed by atoms with Gasteiger partial charge in [0, 0.05) is 45.0 Å². The van der Waals surface area contributed by atoms with Crippen LogP contribution in [0.5, 0.6) is 0 Å². The largest absolute Gasteiger partial charge is 3.00 e. The quantitative estimate of drug-likeness (QED) is 0.195. The maximum absolute atomic E-state index is 8.94. The summed E-state index contributed by atoms with van der Waals surface area (Å²) in [6.45, 7) is 17.9. The van der Waals surface area contributed by atoms with Crippen LogP contribution in [0.1, 0.15) is 61.0 Å². The maximum Gasteiger partial charge on any atom is 3.00 e. The summed E-state index contributed by atoms with van der Waals surface area (Å²) in [7, 11) is 0.136. The van der Waals surface area contributed by atoms with E-state index in [1.54, 1.807) is 0 Å². The van der Waals surface area contributed by atoms with Crippen LogP contribution in [-0.2, 0) is 26.2 Å². The first-order valence-corrected chi connectivity index (χ1v) is 13.6. The molecule has 36 heavy (non-hydrogen) atoms. The number of hydrogen-bond donors (Lipinski definition) is 2. The molecule has 4 nitrogen and oxygen atoms in total. The predicted octanol–water partition coefficient (Wildman–Crippen LogP) is 7.01. The van der Waals surface area contributed by atoms with E-state index in [9.17, 15) is 0 Å². The molecule has 0 atom stereocenters. The Hall–Kier alpha value is 0.0831. The van der Waals surface area contributed by atoms with Crippen LogP contribution in [0.4, 0.5) is 0 Å². The Bertz CT molecular complexity index is 571. The number of hydrogen-bond acceptors (Lipinski definition) is 4. The molecule has 0 heterocycles. The first kappa shape index (κ1) is 38.2.